The summed E-state index contributed by atoms with van der Waals surface area (Å²) in [6.45, 7) is 9.55. The Labute approximate surface area is 109 Å². The third-order valence-corrected chi connectivity index (χ3v) is 3.12. The molecule has 0 saturated carbocycles. The summed E-state index contributed by atoms with van der Waals surface area (Å²) in [6.07, 6.45) is 0.995. The number of benzene rings is 1. The molecular formula is C15H23NO2. The number of rotatable bonds is 6. The molecule has 1 N–H and O–H groups in total. The van der Waals surface area contributed by atoms with Gasteiger partial charge in [0.25, 0.3) is 0 Å². The molecule has 0 atom stereocenters. The zero-order valence-electron chi connectivity index (χ0n) is 11.6. The predicted octanol–water partition coefficient (Wildman–Crippen LogP) is 2.53. The molecule has 2 rings (SSSR count). The van der Waals surface area contributed by atoms with Crippen LogP contribution in [0.3, 0.4) is 0 Å². The third kappa shape index (κ3) is 3.24. The van der Waals surface area contributed by atoms with Crippen molar-refractivity contribution in [1.82, 2.24) is 5.32 Å². The van der Waals surface area contributed by atoms with Gasteiger partial charge in [0.15, 0.2) is 0 Å². The van der Waals surface area contributed by atoms with Gasteiger partial charge in [0.2, 0.25) is 0 Å². The molecule has 1 aromatic rings. The normalized spacial score (nSPS) is 16.4. The highest BCUT2D eigenvalue weighted by atomic mass is 16.5. The molecule has 0 fully saturated rings. The second-order valence-corrected chi connectivity index (χ2v) is 5.32. The summed E-state index contributed by atoms with van der Waals surface area (Å²) in [5, 5.41) is 3.39. The fourth-order valence-corrected chi connectivity index (χ4v) is 2.33. The number of fused-ring (bicyclic) bond motifs is 1. The minimum absolute atomic E-state index is 0.0657. The van der Waals surface area contributed by atoms with Crippen molar-refractivity contribution >= 4 is 0 Å². The first kappa shape index (κ1) is 13.4. The maximum Gasteiger partial charge on any atom is 0.127 e. The van der Waals surface area contributed by atoms with Crippen LogP contribution in [0.5, 0.6) is 5.75 Å². The first-order chi connectivity index (χ1) is 8.62. The van der Waals surface area contributed by atoms with Crippen molar-refractivity contribution in [2.24, 2.45) is 0 Å². The highest BCUT2D eigenvalue weighted by Crippen LogP contribution is 2.37. The molecule has 1 aromatic carbocycles. The third-order valence-electron chi connectivity index (χ3n) is 3.12. The monoisotopic (exact) mass is 249 g/mol. The molecule has 0 spiro atoms. The maximum atomic E-state index is 6.03. The summed E-state index contributed by atoms with van der Waals surface area (Å²) >= 11 is 0. The number of hydrogen-bond donors (Lipinski definition) is 1. The summed E-state index contributed by atoms with van der Waals surface area (Å²) in [4.78, 5) is 0. The second-order valence-electron chi connectivity index (χ2n) is 5.32. The van der Waals surface area contributed by atoms with E-state index in [-0.39, 0.29) is 5.60 Å². The Morgan fingerprint density at radius 2 is 2.22 bits per heavy atom. The van der Waals surface area contributed by atoms with Gasteiger partial charge in [-0.1, -0.05) is 18.2 Å². The number of nitrogens with one attached hydrogen (secondary N) is 1. The Balaban J connectivity index is 1.93. The second kappa shape index (κ2) is 5.72. The topological polar surface area (TPSA) is 30.5 Å². The van der Waals surface area contributed by atoms with E-state index in [1.807, 2.05) is 6.92 Å². The van der Waals surface area contributed by atoms with E-state index >= 15 is 0 Å². The van der Waals surface area contributed by atoms with E-state index in [2.05, 4.69) is 37.4 Å². The van der Waals surface area contributed by atoms with E-state index < -0.39 is 0 Å². The summed E-state index contributed by atoms with van der Waals surface area (Å²) in [5.74, 6) is 1.08. The first-order valence-corrected chi connectivity index (χ1v) is 6.70. The van der Waals surface area contributed by atoms with E-state index in [1.165, 1.54) is 11.1 Å². The van der Waals surface area contributed by atoms with Crippen LogP contribution in [0.2, 0.25) is 0 Å². The Hall–Kier alpha value is -1.06. The molecule has 1 heterocycles. The molecule has 1 aliphatic rings. The molecule has 0 unspecified atom stereocenters. The van der Waals surface area contributed by atoms with Crippen molar-refractivity contribution in [2.45, 2.75) is 39.3 Å². The smallest absolute Gasteiger partial charge is 0.127 e. The van der Waals surface area contributed by atoms with Crippen molar-refractivity contribution in [3.63, 3.8) is 0 Å². The molecule has 3 heteroatoms. The fourth-order valence-electron chi connectivity index (χ4n) is 2.33. The summed E-state index contributed by atoms with van der Waals surface area (Å²) in [5.41, 5.74) is 2.50. The highest BCUT2D eigenvalue weighted by molar-refractivity contribution is 5.45. The molecule has 0 aliphatic carbocycles. The van der Waals surface area contributed by atoms with Gasteiger partial charge in [-0.3, -0.25) is 0 Å². The summed E-state index contributed by atoms with van der Waals surface area (Å²) in [6, 6.07) is 6.41. The van der Waals surface area contributed by atoms with E-state index in [9.17, 15) is 0 Å². The van der Waals surface area contributed by atoms with E-state index in [0.29, 0.717) is 0 Å². The quantitative estimate of drug-likeness (QED) is 0.786. The maximum absolute atomic E-state index is 6.03. The van der Waals surface area contributed by atoms with E-state index in [4.69, 9.17) is 9.47 Å². The van der Waals surface area contributed by atoms with Crippen LogP contribution >= 0.6 is 0 Å². The van der Waals surface area contributed by atoms with Crippen LogP contribution in [0.1, 0.15) is 31.9 Å². The van der Waals surface area contributed by atoms with Gasteiger partial charge in [-0.05, 0) is 26.3 Å². The van der Waals surface area contributed by atoms with E-state index in [0.717, 1.165) is 38.5 Å². The average molecular weight is 249 g/mol. The minimum atomic E-state index is -0.0657. The average Bonchev–Trinajstić information content (AvgIpc) is 2.63. The van der Waals surface area contributed by atoms with Gasteiger partial charge >= 0.3 is 0 Å². The van der Waals surface area contributed by atoms with Crippen LogP contribution in [0.25, 0.3) is 0 Å². The Bertz CT molecular complexity index is 401. The molecule has 100 valence electrons. The van der Waals surface area contributed by atoms with E-state index in [1.54, 1.807) is 0 Å². The van der Waals surface area contributed by atoms with Gasteiger partial charge in [0.05, 0.1) is 6.61 Å². The highest BCUT2D eigenvalue weighted by Gasteiger charge is 2.31. The molecule has 0 bridgehead atoms. The van der Waals surface area contributed by atoms with Crippen molar-refractivity contribution < 1.29 is 9.47 Å². The van der Waals surface area contributed by atoms with Gasteiger partial charge in [0, 0.05) is 31.7 Å². The standard InChI is InChI=1S/C15H23NO2/c1-4-17-9-8-16-11-13-7-5-6-12-10-15(2,3)18-14(12)13/h5-7,16H,4,8-11H2,1-3H3. The molecule has 0 radical (unpaired) electrons. The van der Waals surface area contributed by atoms with Gasteiger partial charge in [-0.2, -0.15) is 0 Å². The van der Waals surface area contributed by atoms with Gasteiger partial charge < -0.3 is 14.8 Å². The van der Waals surface area contributed by atoms with Crippen LogP contribution in [-0.2, 0) is 17.7 Å². The Morgan fingerprint density at radius 3 is 3.00 bits per heavy atom. The van der Waals surface area contributed by atoms with Crippen LogP contribution in [0.4, 0.5) is 0 Å². The SMILES string of the molecule is CCOCCNCc1cccc2c1OC(C)(C)C2. The molecule has 3 nitrogen and oxygen atoms in total. The lowest BCUT2D eigenvalue weighted by atomic mass is 10.0. The molecule has 0 aromatic heterocycles. The van der Waals surface area contributed by atoms with Gasteiger partial charge in [-0.25, -0.2) is 0 Å². The predicted molar refractivity (Wildman–Crippen MR) is 73.1 cm³/mol. The number of para-hydroxylation sites is 1. The molecule has 1 aliphatic heterocycles. The largest absolute Gasteiger partial charge is 0.487 e. The Kier molecular flexibility index (Phi) is 4.25. The van der Waals surface area contributed by atoms with Gasteiger partial charge in [0.1, 0.15) is 11.4 Å². The molecule has 0 amide bonds. The van der Waals surface area contributed by atoms with Crippen molar-refractivity contribution in [3.8, 4) is 5.75 Å². The minimum Gasteiger partial charge on any atom is -0.487 e. The van der Waals surface area contributed by atoms with Crippen molar-refractivity contribution in [3.05, 3.63) is 29.3 Å². The Morgan fingerprint density at radius 1 is 1.39 bits per heavy atom. The molecule has 18 heavy (non-hydrogen) atoms. The lowest BCUT2D eigenvalue weighted by Gasteiger charge is -2.18. The number of ether oxygens (including phenoxy) is 2. The van der Waals surface area contributed by atoms with Crippen molar-refractivity contribution in [1.29, 1.82) is 0 Å². The number of hydrogen-bond acceptors (Lipinski definition) is 3. The lowest BCUT2D eigenvalue weighted by molar-refractivity contribution is 0.136. The van der Waals surface area contributed by atoms with Crippen LogP contribution in [0, 0.1) is 0 Å². The van der Waals surface area contributed by atoms with Crippen molar-refractivity contribution in [2.75, 3.05) is 19.8 Å². The van der Waals surface area contributed by atoms with Crippen LogP contribution < -0.4 is 10.1 Å². The first-order valence-electron chi connectivity index (χ1n) is 6.70. The zero-order valence-corrected chi connectivity index (χ0v) is 11.6. The summed E-state index contributed by atoms with van der Waals surface area (Å²) in [7, 11) is 0. The van der Waals surface area contributed by atoms with Crippen LogP contribution in [0.15, 0.2) is 18.2 Å². The van der Waals surface area contributed by atoms with Gasteiger partial charge in [-0.15, -0.1) is 0 Å². The molecule has 0 saturated heterocycles. The van der Waals surface area contributed by atoms with Crippen LogP contribution in [-0.4, -0.2) is 25.4 Å². The zero-order chi connectivity index (χ0) is 13.0. The fraction of sp³-hybridized carbons (Fsp3) is 0.600. The molecular weight excluding hydrogens is 226 g/mol. The summed E-state index contributed by atoms with van der Waals surface area (Å²) < 4.78 is 11.3. The lowest BCUT2D eigenvalue weighted by Crippen LogP contribution is -2.25.